The van der Waals surface area contributed by atoms with E-state index in [1.165, 1.54) is 38.5 Å². The van der Waals surface area contributed by atoms with Crippen molar-refractivity contribution in [1.82, 2.24) is 4.90 Å². The SMILES string of the molecule is CCCC(C)(CO)CN(C)C1CCCCCC1. The first-order valence-corrected chi connectivity index (χ1v) is 7.42. The van der Waals surface area contributed by atoms with Gasteiger partial charge >= 0.3 is 0 Å². The Morgan fingerprint density at radius 3 is 2.24 bits per heavy atom. The molecule has 2 heteroatoms. The van der Waals surface area contributed by atoms with Crippen molar-refractivity contribution < 1.29 is 5.11 Å². The van der Waals surface area contributed by atoms with Gasteiger partial charge in [-0.25, -0.2) is 0 Å². The van der Waals surface area contributed by atoms with Gasteiger partial charge in [-0.2, -0.15) is 0 Å². The zero-order valence-electron chi connectivity index (χ0n) is 12.0. The average Bonchev–Trinajstić information content (AvgIpc) is 2.57. The molecule has 0 aromatic heterocycles. The van der Waals surface area contributed by atoms with Crippen LogP contribution in [0.1, 0.15) is 65.2 Å². The number of nitrogens with zero attached hydrogens (tertiary/aromatic N) is 1. The second kappa shape index (κ2) is 7.38. The lowest BCUT2D eigenvalue weighted by atomic mass is 9.85. The highest BCUT2D eigenvalue weighted by molar-refractivity contribution is 4.80. The Kier molecular flexibility index (Phi) is 6.50. The quantitative estimate of drug-likeness (QED) is 0.720. The van der Waals surface area contributed by atoms with Crippen molar-refractivity contribution in [2.24, 2.45) is 5.41 Å². The van der Waals surface area contributed by atoms with Gasteiger partial charge in [-0.05, 0) is 26.3 Å². The molecule has 102 valence electrons. The molecule has 0 saturated heterocycles. The van der Waals surface area contributed by atoms with Crippen LogP contribution in [0, 0.1) is 5.41 Å². The Morgan fingerprint density at radius 1 is 1.18 bits per heavy atom. The van der Waals surface area contributed by atoms with E-state index in [9.17, 15) is 5.11 Å². The van der Waals surface area contributed by atoms with Gasteiger partial charge < -0.3 is 10.0 Å². The Bertz CT molecular complexity index is 199. The minimum Gasteiger partial charge on any atom is -0.396 e. The smallest absolute Gasteiger partial charge is 0.0497 e. The maximum absolute atomic E-state index is 9.59. The number of hydrogen-bond donors (Lipinski definition) is 1. The van der Waals surface area contributed by atoms with Gasteiger partial charge in [-0.3, -0.25) is 0 Å². The highest BCUT2D eigenvalue weighted by atomic mass is 16.3. The van der Waals surface area contributed by atoms with E-state index in [1.807, 2.05) is 0 Å². The first-order valence-electron chi connectivity index (χ1n) is 7.42. The molecule has 0 amide bonds. The summed E-state index contributed by atoms with van der Waals surface area (Å²) in [5.74, 6) is 0. The minimum absolute atomic E-state index is 0.0931. The zero-order valence-corrected chi connectivity index (χ0v) is 12.0. The monoisotopic (exact) mass is 241 g/mol. The van der Waals surface area contributed by atoms with Gasteiger partial charge in [-0.15, -0.1) is 0 Å². The Hall–Kier alpha value is -0.0800. The van der Waals surface area contributed by atoms with Crippen molar-refractivity contribution in [3.8, 4) is 0 Å². The molecular formula is C15H31NO. The highest BCUT2D eigenvalue weighted by Crippen LogP contribution is 2.27. The summed E-state index contributed by atoms with van der Waals surface area (Å²) >= 11 is 0. The predicted octanol–water partition coefficient (Wildman–Crippen LogP) is 3.44. The van der Waals surface area contributed by atoms with Gasteiger partial charge in [0, 0.05) is 24.6 Å². The molecule has 1 atom stereocenters. The van der Waals surface area contributed by atoms with Gasteiger partial charge in [0.25, 0.3) is 0 Å². The molecule has 0 aliphatic heterocycles. The molecule has 17 heavy (non-hydrogen) atoms. The van der Waals surface area contributed by atoms with Crippen LogP contribution in [0.25, 0.3) is 0 Å². The Labute approximate surface area is 107 Å². The molecule has 0 aromatic rings. The number of aliphatic hydroxyl groups excluding tert-OH is 1. The number of aliphatic hydroxyl groups is 1. The molecule has 1 unspecified atom stereocenters. The fourth-order valence-electron chi connectivity index (χ4n) is 3.24. The van der Waals surface area contributed by atoms with Crippen LogP contribution in [0.15, 0.2) is 0 Å². The summed E-state index contributed by atoms with van der Waals surface area (Å²) in [6.45, 7) is 5.79. The van der Waals surface area contributed by atoms with E-state index in [1.54, 1.807) is 0 Å². The molecule has 1 fully saturated rings. The Balaban J connectivity index is 2.47. The van der Waals surface area contributed by atoms with Gasteiger partial charge in [0.2, 0.25) is 0 Å². The summed E-state index contributed by atoms with van der Waals surface area (Å²) < 4.78 is 0. The molecule has 2 nitrogen and oxygen atoms in total. The van der Waals surface area contributed by atoms with Crippen molar-refractivity contribution in [2.45, 2.75) is 71.3 Å². The van der Waals surface area contributed by atoms with Crippen molar-refractivity contribution in [3.63, 3.8) is 0 Å². The summed E-state index contributed by atoms with van der Waals surface area (Å²) in [6.07, 6.45) is 10.6. The summed E-state index contributed by atoms with van der Waals surface area (Å²) in [5, 5.41) is 9.59. The first-order chi connectivity index (χ1) is 8.11. The summed E-state index contributed by atoms with van der Waals surface area (Å²) in [4.78, 5) is 2.51. The normalized spacial score (nSPS) is 22.4. The lowest BCUT2D eigenvalue weighted by Crippen LogP contribution is -2.41. The lowest BCUT2D eigenvalue weighted by Gasteiger charge is -2.36. The van der Waals surface area contributed by atoms with Crippen LogP contribution in [0.3, 0.4) is 0 Å². The number of hydrogen-bond acceptors (Lipinski definition) is 2. The maximum atomic E-state index is 9.59. The van der Waals surface area contributed by atoms with E-state index in [2.05, 4.69) is 25.8 Å². The molecule has 0 spiro atoms. The maximum Gasteiger partial charge on any atom is 0.0497 e. The molecule has 0 aromatic carbocycles. The van der Waals surface area contributed by atoms with Gasteiger partial charge in [-0.1, -0.05) is 46.0 Å². The molecule has 1 aliphatic rings. The van der Waals surface area contributed by atoms with Crippen LogP contribution in [-0.2, 0) is 0 Å². The van der Waals surface area contributed by atoms with Crippen LogP contribution in [0.2, 0.25) is 0 Å². The molecule has 1 aliphatic carbocycles. The van der Waals surface area contributed by atoms with E-state index in [0.29, 0.717) is 6.61 Å². The third-order valence-electron chi connectivity index (χ3n) is 4.31. The lowest BCUT2D eigenvalue weighted by molar-refractivity contribution is 0.0693. The fraction of sp³-hybridized carbons (Fsp3) is 1.00. The summed E-state index contributed by atoms with van der Waals surface area (Å²) in [7, 11) is 2.25. The standard InChI is InChI=1S/C15H31NO/c1-4-11-15(2,13-17)12-16(3)14-9-7-5-6-8-10-14/h14,17H,4-13H2,1-3H3. The van der Waals surface area contributed by atoms with E-state index < -0.39 is 0 Å². The summed E-state index contributed by atoms with van der Waals surface area (Å²) in [5.41, 5.74) is 0.0931. The molecular weight excluding hydrogens is 210 g/mol. The molecule has 1 N–H and O–H groups in total. The van der Waals surface area contributed by atoms with Crippen LogP contribution in [0.5, 0.6) is 0 Å². The van der Waals surface area contributed by atoms with Gasteiger partial charge in [0.1, 0.15) is 0 Å². The van der Waals surface area contributed by atoms with E-state index in [-0.39, 0.29) is 5.41 Å². The second-order valence-corrected chi connectivity index (χ2v) is 6.28. The largest absolute Gasteiger partial charge is 0.396 e. The minimum atomic E-state index is 0.0931. The van der Waals surface area contributed by atoms with Crippen molar-refractivity contribution in [3.05, 3.63) is 0 Å². The van der Waals surface area contributed by atoms with Crippen molar-refractivity contribution in [2.75, 3.05) is 20.2 Å². The summed E-state index contributed by atoms with van der Waals surface area (Å²) in [6, 6.07) is 0.750. The predicted molar refractivity (Wildman–Crippen MR) is 74.2 cm³/mol. The van der Waals surface area contributed by atoms with E-state index >= 15 is 0 Å². The Morgan fingerprint density at radius 2 is 1.76 bits per heavy atom. The fourth-order valence-corrected chi connectivity index (χ4v) is 3.24. The van der Waals surface area contributed by atoms with E-state index in [0.717, 1.165) is 25.4 Å². The first kappa shape index (κ1) is 15.0. The van der Waals surface area contributed by atoms with E-state index in [4.69, 9.17) is 0 Å². The zero-order chi connectivity index (χ0) is 12.7. The average molecular weight is 241 g/mol. The molecule has 0 bridgehead atoms. The highest BCUT2D eigenvalue weighted by Gasteiger charge is 2.27. The molecule has 1 rings (SSSR count). The molecule has 1 saturated carbocycles. The molecule has 0 radical (unpaired) electrons. The van der Waals surface area contributed by atoms with Crippen LogP contribution < -0.4 is 0 Å². The van der Waals surface area contributed by atoms with Crippen LogP contribution in [0.4, 0.5) is 0 Å². The third-order valence-corrected chi connectivity index (χ3v) is 4.31. The van der Waals surface area contributed by atoms with Crippen LogP contribution in [-0.4, -0.2) is 36.2 Å². The number of rotatable bonds is 6. The second-order valence-electron chi connectivity index (χ2n) is 6.28. The molecule has 0 heterocycles. The van der Waals surface area contributed by atoms with Gasteiger partial charge in [0.05, 0.1) is 0 Å². The van der Waals surface area contributed by atoms with Crippen molar-refractivity contribution in [1.29, 1.82) is 0 Å². The van der Waals surface area contributed by atoms with Crippen LogP contribution >= 0.6 is 0 Å². The van der Waals surface area contributed by atoms with Crippen molar-refractivity contribution >= 4 is 0 Å². The third kappa shape index (κ3) is 4.97. The topological polar surface area (TPSA) is 23.5 Å². The van der Waals surface area contributed by atoms with Gasteiger partial charge in [0.15, 0.2) is 0 Å².